The molecule has 1 atom stereocenters. The number of nitro benzene ring substituents is 1. The van der Waals surface area contributed by atoms with Crippen LogP contribution in [0.5, 0.6) is 0 Å². The van der Waals surface area contributed by atoms with Crippen molar-refractivity contribution >= 4 is 29.2 Å². The third-order valence-electron chi connectivity index (χ3n) is 3.63. The minimum absolute atomic E-state index is 0.0924. The maximum Gasteiger partial charge on any atom is 0.329 e. The Labute approximate surface area is 125 Å². The van der Waals surface area contributed by atoms with E-state index < -0.39 is 28.0 Å². The van der Waals surface area contributed by atoms with E-state index >= 15 is 0 Å². The molecule has 1 unspecified atom stereocenters. The highest BCUT2D eigenvalue weighted by Gasteiger charge is 2.49. The predicted molar refractivity (Wildman–Crippen MR) is 74.3 cm³/mol. The summed E-state index contributed by atoms with van der Waals surface area (Å²) in [6.07, 6.45) is 1.38. The number of rotatable bonds is 5. The number of hydrogen-bond acceptors (Lipinski definition) is 4. The molecule has 8 heteroatoms. The van der Waals surface area contributed by atoms with Gasteiger partial charge in [-0.3, -0.25) is 14.9 Å². The van der Waals surface area contributed by atoms with Gasteiger partial charge in [-0.1, -0.05) is 17.7 Å². The van der Waals surface area contributed by atoms with Crippen molar-refractivity contribution in [2.24, 2.45) is 5.92 Å². The number of carbonyl (C=O) groups is 2. The Hall–Kier alpha value is -2.15. The third-order valence-corrected chi connectivity index (χ3v) is 3.94. The van der Waals surface area contributed by atoms with Crippen molar-refractivity contribution in [2.45, 2.75) is 25.3 Å². The van der Waals surface area contributed by atoms with Crippen LogP contribution >= 0.6 is 11.6 Å². The molecule has 1 fully saturated rings. The molecule has 0 spiro atoms. The van der Waals surface area contributed by atoms with Crippen molar-refractivity contribution in [3.63, 3.8) is 0 Å². The first kappa shape index (κ1) is 15.2. The van der Waals surface area contributed by atoms with Gasteiger partial charge in [0.2, 0.25) is 0 Å². The van der Waals surface area contributed by atoms with Gasteiger partial charge in [-0.15, -0.1) is 0 Å². The van der Waals surface area contributed by atoms with Gasteiger partial charge in [-0.05, 0) is 31.7 Å². The third kappa shape index (κ3) is 2.82. The van der Waals surface area contributed by atoms with Crippen LogP contribution in [0.15, 0.2) is 18.2 Å². The molecule has 0 bridgehead atoms. The first-order valence-corrected chi connectivity index (χ1v) is 6.64. The van der Waals surface area contributed by atoms with E-state index in [-0.39, 0.29) is 16.5 Å². The number of hydrogen-bond donors (Lipinski definition) is 2. The molecule has 2 rings (SSSR count). The van der Waals surface area contributed by atoms with Crippen molar-refractivity contribution in [1.82, 2.24) is 5.32 Å². The number of carboxylic acid groups (broad SMARTS) is 1. The number of carbonyl (C=O) groups excluding carboxylic acids is 1. The molecule has 1 saturated carbocycles. The Morgan fingerprint density at radius 1 is 1.48 bits per heavy atom. The average molecular weight is 313 g/mol. The smallest absolute Gasteiger partial charge is 0.329 e. The van der Waals surface area contributed by atoms with Crippen LogP contribution in [0.2, 0.25) is 5.02 Å². The molecule has 7 nitrogen and oxygen atoms in total. The quantitative estimate of drug-likeness (QED) is 0.640. The van der Waals surface area contributed by atoms with Crippen LogP contribution in [0, 0.1) is 16.0 Å². The summed E-state index contributed by atoms with van der Waals surface area (Å²) < 4.78 is 0. The molecule has 0 radical (unpaired) electrons. The Morgan fingerprint density at radius 2 is 2.10 bits per heavy atom. The second kappa shape index (κ2) is 5.33. The lowest BCUT2D eigenvalue weighted by molar-refractivity contribution is -0.385. The van der Waals surface area contributed by atoms with E-state index in [1.807, 2.05) is 0 Å². The van der Waals surface area contributed by atoms with Gasteiger partial charge < -0.3 is 10.4 Å². The van der Waals surface area contributed by atoms with Gasteiger partial charge in [0.15, 0.2) is 0 Å². The fourth-order valence-corrected chi connectivity index (χ4v) is 2.43. The predicted octanol–water partition coefficient (Wildman–Crippen LogP) is 2.23. The number of nitrogens with one attached hydrogen (secondary N) is 1. The molecular formula is C13H13ClN2O5. The molecule has 0 aliphatic heterocycles. The maximum absolute atomic E-state index is 12.3. The lowest BCUT2D eigenvalue weighted by Crippen LogP contribution is -2.54. The SMILES string of the molecule is CC(NC(=O)c1c(Cl)cccc1[N+](=O)[O-])(C(=O)O)C1CC1. The Kier molecular flexibility index (Phi) is 3.87. The van der Waals surface area contributed by atoms with Crippen LogP contribution < -0.4 is 5.32 Å². The summed E-state index contributed by atoms with van der Waals surface area (Å²) in [6, 6.07) is 3.85. The Bertz CT molecular complexity index is 629. The molecule has 1 amide bonds. The number of carboxylic acids is 1. The summed E-state index contributed by atoms with van der Waals surface area (Å²) in [5, 5.41) is 22.6. The molecule has 21 heavy (non-hydrogen) atoms. The largest absolute Gasteiger partial charge is 0.480 e. The first-order valence-electron chi connectivity index (χ1n) is 6.26. The number of nitrogens with zero attached hydrogens (tertiary/aromatic N) is 1. The lowest BCUT2D eigenvalue weighted by Gasteiger charge is -2.26. The second-order valence-corrected chi connectivity index (χ2v) is 5.53. The van der Waals surface area contributed by atoms with Crippen molar-refractivity contribution in [1.29, 1.82) is 0 Å². The number of benzene rings is 1. The topological polar surface area (TPSA) is 110 Å². The van der Waals surface area contributed by atoms with E-state index in [4.69, 9.17) is 11.6 Å². The number of amides is 1. The van der Waals surface area contributed by atoms with E-state index in [0.29, 0.717) is 12.8 Å². The number of nitro groups is 1. The standard InChI is InChI=1S/C13H13ClN2O5/c1-13(12(18)19,7-5-6-7)15-11(17)10-8(14)3-2-4-9(10)16(20)21/h2-4,7H,5-6H2,1H3,(H,15,17)(H,18,19). The van der Waals surface area contributed by atoms with Crippen LogP contribution in [0.3, 0.4) is 0 Å². The van der Waals surface area contributed by atoms with Gasteiger partial charge in [0.25, 0.3) is 11.6 Å². The van der Waals surface area contributed by atoms with Crippen molar-refractivity contribution in [3.05, 3.63) is 38.9 Å². The zero-order valence-electron chi connectivity index (χ0n) is 11.1. The number of aliphatic carboxylic acids is 1. The Balaban J connectivity index is 2.37. The maximum atomic E-state index is 12.3. The summed E-state index contributed by atoms with van der Waals surface area (Å²) in [4.78, 5) is 33.9. The molecule has 112 valence electrons. The van der Waals surface area contributed by atoms with E-state index in [1.54, 1.807) is 0 Å². The molecule has 1 aliphatic rings. The van der Waals surface area contributed by atoms with E-state index in [1.165, 1.54) is 19.1 Å². The summed E-state index contributed by atoms with van der Waals surface area (Å²) in [5.74, 6) is -2.21. The average Bonchev–Trinajstić information content (AvgIpc) is 3.22. The fraction of sp³-hybridized carbons (Fsp3) is 0.385. The molecule has 0 saturated heterocycles. The fourth-order valence-electron chi connectivity index (χ4n) is 2.18. The minimum atomic E-state index is -1.45. The van der Waals surface area contributed by atoms with Crippen molar-refractivity contribution < 1.29 is 19.6 Å². The van der Waals surface area contributed by atoms with Crippen molar-refractivity contribution in [3.8, 4) is 0 Å². The van der Waals surface area contributed by atoms with Crippen LogP contribution in [-0.4, -0.2) is 27.4 Å². The summed E-state index contributed by atoms with van der Waals surface area (Å²) in [5.41, 5.74) is -2.23. The highest BCUT2D eigenvalue weighted by molar-refractivity contribution is 6.34. The molecule has 2 N–H and O–H groups in total. The molecule has 0 aromatic heterocycles. The van der Waals surface area contributed by atoms with Gasteiger partial charge in [0.05, 0.1) is 9.95 Å². The highest BCUT2D eigenvalue weighted by atomic mass is 35.5. The normalized spacial score (nSPS) is 16.9. The highest BCUT2D eigenvalue weighted by Crippen LogP contribution is 2.40. The molecule has 1 aromatic rings. The van der Waals surface area contributed by atoms with Crippen molar-refractivity contribution in [2.75, 3.05) is 0 Å². The molecule has 1 aliphatic carbocycles. The van der Waals surface area contributed by atoms with E-state index in [9.17, 15) is 24.8 Å². The van der Waals surface area contributed by atoms with Crippen LogP contribution in [0.4, 0.5) is 5.69 Å². The summed E-state index contributed by atoms with van der Waals surface area (Å²) in [6.45, 7) is 1.40. The zero-order valence-corrected chi connectivity index (χ0v) is 11.9. The van der Waals surface area contributed by atoms with Gasteiger partial charge in [0.1, 0.15) is 11.1 Å². The van der Waals surface area contributed by atoms with Gasteiger partial charge in [0, 0.05) is 6.07 Å². The van der Waals surface area contributed by atoms with E-state index in [2.05, 4.69) is 5.32 Å². The van der Waals surface area contributed by atoms with Crippen LogP contribution in [-0.2, 0) is 4.79 Å². The van der Waals surface area contributed by atoms with Gasteiger partial charge in [-0.2, -0.15) is 0 Å². The second-order valence-electron chi connectivity index (χ2n) is 5.13. The first-order chi connectivity index (χ1) is 9.77. The summed E-state index contributed by atoms with van der Waals surface area (Å²) >= 11 is 5.86. The minimum Gasteiger partial charge on any atom is -0.480 e. The summed E-state index contributed by atoms with van der Waals surface area (Å²) in [7, 11) is 0. The van der Waals surface area contributed by atoms with Gasteiger partial charge >= 0.3 is 5.97 Å². The van der Waals surface area contributed by atoms with E-state index in [0.717, 1.165) is 6.07 Å². The molecule has 0 heterocycles. The number of halogens is 1. The molecule has 1 aromatic carbocycles. The Morgan fingerprint density at radius 3 is 2.57 bits per heavy atom. The zero-order chi connectivity index (χ0) is 15.8. The monoisotopic (exact) mass is 312 g/mol. The van der Waals surface area contributed by atoms with Crippen LogP contribution in [0.25, 0.3) is 0 Å². The molecular weight excluding hydrogens is 300 g/mol. The van der Waals surface area contributed by atoms with Crippen LogP contribution in [0.1, 0.15) is 30.1 Å². The van der Waals surface area contributed by atoms with Gasteiger partial charge in [-0.25, -0.2) is 4.79 Å². The lowest BCUT2D eigenvalue weighted by atomic mass is 9.95.